The highest BCUT2D eigenvalue weighted by Gasteiger charge is 2.24. The van der Waals surface area contributed by atoms with Crippen LogP contribution in [-0.4, -0.2) is 54.0 Å². The Morgan fingerprint density at radius 2 is 1.55 bits per heavy atom. The molecule has 0 bridgehead atoms. The lowest BCUT2D eigenvalue weighted by molar-refractivity contribution is 0.0664. The van der Waals surface area contributed by atoms with Gasteiger partial charge in [-0.2, -0.15) is 0 Å². The maximum absolute atomic E-state index is 12.8. The number of phenolic OH excluding ortho intramolecular Hbond substituents is 1. The number of phenols is 1. The molecular formula is C22H21BrN4O4. The van der Waals surface area contributed by atoms with Gasteiger partial charge in [0.05, 0.1) is 11.4 Å². The molecule has 0 radical (unpaired) electrons. The number of piperazine rings is 1. The molecule has 1 saturated heterocycles. The molecule has 3 N–H and O–H groups in total. The van der Waals surface area contributed by atoms with Gasteiger partial charge in [-0.25, -0.2) is 0 Å². The van der Waals surface area contributed by atoms with Gasteiger partial charge in [0.25, 0.3) is 16.8 Å². The highest BCUT2D eigenvalue weighted by molar-refractivity contribution is 9.10. The van der Waals surface area contributed by atoms with Gasteiger partial charge in [-0.15, -0.1) is 0 Å². The van der Waals surface area contributed by atoms with E-state index in [9.17, 15) is 19.5 Å². The van der Waals surface area contributed by atoms with E-state index in [1.54, 1.807) is 29.2 Å². The number of benzene rings is 2. The summed E-state index contributed by atoms with van der Waals surface area (Å²) in [4.78, 5) is 41.1. The molecule has 1 aliphatic rings. The minimum Gasteiger partial charge on any atom is -0.506 e. The molecule has 160 valence electrons. The predicted molar refractivity (Wildman–Crippen MR) is 124 cm³/mol. The number of carbonyl (C=O) groups excluding carboxylic acids is 1. The zero-order valence-corrected chi connectivity index (χ0v) is 18.4. The Balaban J connectivity index is 1.58. The van der Waals surface area contributed by atoms with E-state index < -0.39 is 10.9 Å². The van der Waals surface area contributed by atoms with E-state index in [4.69, 9.17) is 0 Å². The van der Waals surface area contributed by atoms with Crippen LogP contribution in [0.3, 0.4) is 0 Å². The molecule has 1 aliphatic heterocycles. The summed E-state index contributed by atoms with van der Waals surface area (Å²) >= 11 is 3.39. The number of nitrogens with one attached hydrogen (secondary N) is 2. The van der Waals surface area contributed by atoms with Gasteiger partial charge in [-0.1, -0.05) is 12.1 Å². The second-order valence-electron chi connectivity index (χ2n) is 7.47. The Kier molecular flexibility index (Phi) is 5.79. The summed E-state index contributed by atoms with van der Waals surface area (Å²) in [6.45, 7) is 2.83. The number of nitrogens with zero attached hydrogens (tertiary/aromatic N) is 2. The van der Waals surface area contributed by atoms with Crippen LogP contribution >= 0.6 is 15.9 Å². The number of rotatable bonds is 5. The number of likely N-dealkylation sites (N-methyl/N-ethyl adjacent to an activating group) is 1. The number of anilines is 4. The predicted octanol–water partition coefficient (Wildman–Crippen LogP) is 2.63. The van der Waals surface area contributed by atoms with Crippen LogP contribution in [0, 0.1) is 0 Å². The smallest absolute Gasteiger partial charge is 0.254 e. The van der Waals surface area contributed by atoms with E-state index in [2.05, 4.69) is 31.5 Å². The highest BCUT2D eigenvalue weighted by atomic mass is 79.9. The van der Waals surface area contributed by atoms with E-state index in [0.29, 0.717) is 24.3 Å². The van der Waals surface area contributed by atoms with Crippen molar-refractivity contribution in [1.29, 1.82) is 0 Å². The van der Waals surface area contributed by atoms with E-state index >= 15 is 0 Å². The van der Waals surface area contributed by atoms with Crippen molar-refractivity contribution in [2.24, 2.45) is 0 Å². The van der Waals surface area contributed by atoms with Crippen molar-refractivity contribution >= 4 is 44.6 Å². The van der Waals surface area contributed by atoms with Gasteiger partial charge in [-0.05, 0) is 53.3 Å². The van der Waals surface area contributed by atoms with Crippen LogP contribution in [0.15, 0.2) is 56.5 Å². The van der Waals surface area contributed by atoms with Gasteiger partial charge >= 0.3 is 0 Å². The average Bonchev–Trinajstić information content (AvgIpc) is 2.78. The quantitative estimate of drug-likeness (QED) is 0.377. The Bertz CT molecular complexity index is 1210. The monoisotopic (exact) mass is 484 g/mol. The molecule has 0 aliphatic carbocycles. The second-order valence-corrected chi connectivity index (χ2v) is 8.32. The summed E-state index contributed by atoms with van der Waals surface area (Å²) < 4.78 is 0.733. The molecular weight excluding hydrogens is 464 g/mol. The van der Waals surface area contributed by atoms with Crippen molar-refractivity contribution in [3.63, 3.8) is 0 Å². The first-order valence-corrected chi connectivity index (χ1v) is 10.6. The molecule has 1 heterocycles. The Hall–Kier alpha value is -3.17. The van der Waals surface area contributed by atoms with Gasteiger partial charge in [-0.3, -0.25) is 14.4 Å². The molecule has 9 heteroatoms. The van der Waals surface area contributed by atoms with Crippen LogP contribution in [0.5, 0.6) is 5.75 Å². The van der Waals surface area contributed by atoms with E-state index in [1.807, 2.05) is 13.1 Å². The van der Waals surface area contributed by atoms with Crippen molar-refractivity contribution in [3.05, 3.63) is 72.9 Å². The Morgan fingerprint density at radius 3 is 2.19 bits per heavy atom. The number of amides is 1. The van der Waals surface area contributed by atoms with Crippen LogP contribution in [0.1, 0.15) is 10.4 Å². The molecule has 1 amide bonds. The van der Waals surface area contributed by atoms with E-state index in [-0.39, 0.29) is 28.7 Å². The zero-order chi connectivity index (χ0) is 22.1. The van der Waals surface area contributed by atoms with E-state index in [1.165, 1.54) is 12.1 Å². The standard InChI is InChI=1S/C22H21BrN4O4/c1-26-8-10-27(11-9-26)22(31)13-6-7-17(28)16(12-13)25-19-18(20(29)21(19)30)24-15-5-3-2-4-14(15)23/h2-7,12,24-25,28H,8-11H2,1H3. The van der Waals surface area contributed by atoms with Crippen LogP contribution in [0.2, 0.25) is 0 Å². The number of hydrogen-bond acceptors (Lipinski definition) is 7. The zero-order valence-electron chi connectivity index (χ0n) is 16.8. The Labute approximate surface area is 186 Å². The van der Waals surface area contributed by atoms with Crippen molar-refractivity contribution in [2.45, 2.75) is 0 Å². The fraction of sp³-hybridized carbons (Fsp3) is 0.227. The third kappa shape index (κ3) is 4.19. The van der Waals surface area contributed by atoms with Crippen LogP contribution in [0.25, 0.3) is 0 Å². The van der Waals surface area contributed by atoms with Crippen molar-refractivity contribution in [1.82, 2.24) is 9.80 Å². The second kappa shape index (κ2) is 8.52. The molecule has 3 aromatic rings. The fourth-order valence-corrected chi connectivity index (χ4v) is 3.81. The summed E-state index contributed by atoms with van der Waals surface area (Å²) in [6.07, 6.45) is 0. The lowest BCUT2D eigenvalue weighted by Gasteiger charge is -2.32. The first kappa shape index (κ1) is 21.1. The third-order valence-electron chi connectivity index (χ3n) is 5.34. The maximum Gasteiger partial charge on any atom is 0.254 e. The summed E-state index contributed by atoms with van der Waals surface area (Å²) in [7, 11) is 2.01. The number of para-hydroxylation sites is 1. The lowest BCUT2D eigenvalue weighted by Crippen LogP contribution is -2.47. The molecule has 1 fully saturated rings. The minimum atomic E-state index is -0.690. The van der Waals surface area contributed by atoms with Gasteiger partial charge in [0, 0.05) is 36.2 Å². The molecule has 8 nitrogen and oxygen atoms in total. The SMILES string of the molecule is CN1CCN(C(=O)c2ccc(O)c(Nc3c(Nc4ccccc4Br)c(=O)c3=O)c2)CC1. The first-order chi connectivity index (χ1) is 14.8. The molecule has 0 atom stereocenters. The molecule has 0 aromatic heterocycles. The minimum absolute atomic E-state index is 0.0419. The van der Waals surface area contributed by atoms with Gasteiger partial charge in [0.15, 0.2) is 0 Å². The van der Waals surface area contributed by atoms with Crippen LogP contribution in [-0.2, 0) is 0 Å². The number of carbonyl (C=O) groups is 1. The van der Waals surface area contributed by atoms with E-state index in [0.717, 1.165) is 17.6 Å². The topological polar surface area (TPSA) is 102 Å². The molecule has 0 spiro atoms. The number of hydrogen-bond donors (Lipinski definition) is 3. The third-order valence-corrected chi connectivity index (χ3v) is 6.03. The summed E-state index contributed by atoms with van der Waals surface area (Å²) in [6, 6.07) is 11.6. The Morgan fingerprint density at radius 1 is 0.935 bits per heavy atom. The maximum atomic E-state index is 12.8. The van der Waals surface area contributed by atoms with Gasteiger partial charge in [0.2, 0.25) is 0 Å². The summed E-state index contributed by atoms with van der Waals surface area (Å²) in [5.41, 5.74) is 0.00601. The molecule has 4 rings (SSSR count). The summed E-state index contributed by atoms with van der Waals surface area (Å²) in [5.74, 6) is -0.275. The molecule has 0 saturated carbocycles. The van der Waals surface area contributed by atoms with Crippen molar-refractivity contribution in [3.8, 4) is 5.75 Å². The lowest BCUT2D eigenvalue weighted by atomic mass is 10.1. The fourth-order valence-electron chi connectivity index (χ4n) is 3.42. The molecule has 0 unspecified atom stereocenters. The first-order valence-electron chi connectivity index (χ1n) is 9.78. The van der Waals surface area contributed by atoms with Gasteiger partial charge < -0.3 is 25.5 Å². The molecule has 31 heavy (non-hydrogen) atoms. The number of aromatic hydroxyl groups is 1. The van der Waals surface area contributed by atoms with Gasteiger partial charge in [0.1, 0.15) is 17.1 Å². The van der Waals surface area contributed by atoms with Crippen molar-refractivity contribution in [2.75, 3.05) is 43.9 Å². The molecule has 3 aromatic carbocycles. The van der Waals surface area contributed by atoms with Crippen LogP contribution < -0.4 is 21.5 Å². The van der Waals surface area contributed by atoms with Crippen molar-refractivity contribution < 1.29 is 9.90 Å². The normalized spacial score (nSPS) is 14.6. The summed E-state index contributed by atoms with van der Waals surface area (Å²) in [5, 5.41) is 16.0. The average molecular weight is 485 g/mol. The number of halogens is 1. The largest absolute Gasteiger partial charge is 0.506 e. The van der Waals surface area contributed by atoms with Crippen LogP contribution in [0.4, 0.5) is 22.7 Å². The highest BCUT2D eigenvalue weighted by Crippen LogP contribution is 2.32.